The Hall–Kier alpha value is -2.76. The minimum atomic E-state index is -4.85. The van der Waals surface area contributed by atoms with E-state index in [1.54, 1.807) is 0 Å². The van der Waals surface area contributed by atoms with E-state index in [0.717, 1.165) is 51.5 Å². The molecule has 3 aromatic rings. The molecule has 0 amide bonds. The molecule has 6 heteroatoms. The maximum atomic E-state index is 12.2. The summed E-state index contributed by atoms with van der Waals surface area (Å²) >= 11 is 0. The molecule has 1 aromatic heterocycles. The van der Waals surface area contributed by atoms with Gasteiger partial charge in [-0.3, -0.25) is 4.79 Å². The smallest absolute Gasteiger partial charge is 0.448 e. The van der Waals surface area contributed by atoms with Crippen molar-refractivity contribution in [2.45, 2.75) is 70.5 Å². The Bertz CT molecular complexity index is 1010. The third-order valence-corrected chi connectivity index (χ3v) is 5.82. The number of rotatable bonds is 12. The van der Waals surface area contributed by atoms with Crippen LogP contribution in [0.2, 0.25) is 0 Å². The van der Waals surface area contributed by atoms with Gasteiger partial charge in [0.25, 0.3) is 0 Å². The first kappa shape index (κ1) is 23.9. The van der Waals surface area contributed by atoms with Crippen molar-refractivity contribution < 1.29 is 23.1 Å². The topological polar surface area (TPSA) is 42.2 Å². The summed E-state index contributed by atoms with van der Waals surface area (Å²) in [5.41, 5.74) is 2.56. The van der Waals surface area contributed by atoms with E-state index in [2.05, 4.69) is 53.1 Å². The monoisotopic (exact) mass is 445 g/mol. The fraction of sp³-hybridized carbons (Fsp3) is 0.423. The fourth-order valence-corrected chi connectivity index (χ4v) is 4.18. The summed E-state index contributed by atoms with van der Waals surface area (Å²) in [5, 5.41) is 11.4. The Morgan fingerprint density at radius 2 is 1.25 bits per heavy atom. The van der Waals surface area contributed by atoms with Crippen LogP contribution in [0.1, 0.15) is 57.8 Å². The van der Waals surface area contributed by atoms with Gasteiger partial charge in [0.2, 0.25) is 5.76 Å². The lowest BCUT2D eigenvalue weighted by Crippen LogP contribution is -2.13. The quantitative estimate of drug-likeness (QED) is 0.175. The van der Waals surface area contributed by atoms with E-state index >= 15 is 0 Å². The van der Waals surface area contributed by atoms with Crippen LogP contribution in [0, 0.1) is 0 Å². The highest BCUT2D eigenvalue weighted by Crippen LogP contribution is 2.29. The molecule has 0 aliphatic carbocycles. The molecule has 172 valence electrons. The number of hydrogen-bond donors (Lipinski definition) is 1. The molecule has 0 radical (unpaired) electrons. The third-order valence-electron chi connectivity index (χ3n) is 5.82. The highest BCUT2D eigenvalue weighted by atomic mass is 19.4. The van der Waals surface area contributed by atoms with Gasteiger partial charge in [0, 0.05) is 40.8 Å². The Morgan fingerprint density at radius 1 is 0.781 bits per heavy atom. The van der Waals surface area contributed by atoms with E-state index in [0.29, 0.717) is 6.42 Å². The van der Waals surface area contributed by atoms with E-state index in [1.165, 1.54) is 21.8 Å². The molecule has 0 bridgehead atoms. The van der Waals surface area contributed by atoms with Gasteiger partial charge in [-0.2, -0.15) is 13.2 Å². The molecule has 3 rings (SSSR count). The third kappa shape index (κ3) is 6.38. The highest BCUT2D eigenvalue weighted by Gasteiger charge is 2.34. The van der Waals surface area contributed by atoms with Crippen LogP contribution >= 0.6 is 0 Å². The lowest BCUT2D eigenvalue weighted by atomic mass is 10.1. The first-order valence-electron chi connectivity index (χ1n) is 11.3. The van der Waals surface area contributed by atoms with E-state index in [4.69, 9.17) is 5.11 Å². The molecule has 2 aromatic carbocycles. The molecule has 0 fully saturated rings. The predicted molar refractivity (Wildman–Crippen MR) is 123 cm³/mol. The van der Waals surface area contributed by atoms with Crippen LogP contribution in [0.15, 0.2) is 60.4 Å². The lowest BCUT2D eigenvalue weighted by Gasteiger charge is -2.07. The van der Waals surface area contributed by atoms with Crippen LogP contribution in [0.5, 0.6) is 0 Å². The number of halogens is 3. The van der Waals surface area contributed by atoms with Gasteiger partial charge in [0.05, 0.1) is 0 Å². The van der Waals surface area contributed by atoms with Crippen molar-refractivity contribution in [3.63, 3.8) is 0 Å². The number of aryl methyl sites for hydroxylation is 1. The number of carbonyl (C=O) groups excluding carboxylic acids is 1. The van der Waals surface area contributed by atoms with Crippen molar-refractivity contribution in [2.24, 2.45) is 0 Å². The van der Waals surface area contributed by atoms with E-state index in [9.17, 15) is 18.0 Å². The van der Waals surface area contributed by atoms with Crippen LogP contribution < -0.4 is 0 Å². The Balaban J connectivity index is 1.31. The number of aliphatic hydroxyl groups excluding tert-OH is 1. The predicted octanol–water partition coefficient (Wildman–Crippen LogP) is 7.88. The zero-order valence-electron chi connectivity index (χ0n) is 18.2. The Kier molecular flexibility index (Phi) is 8.37. The molecule has 0 saturated heterocycles. The van der Waals surface area contributed by atoms with Crippen molar-refractivity contribution in [1.29, 1.82) is 0 Å². The van der Waals surface area contributed by atoms with Gasteiger partial charge in [0.15, 0.2) is 5.78 Å². The molecule has 3 nitrogen and oxygen atoms in total. The number of carbonyl (C=O) groups is 1. The van der Waals surface area contributed by atoms with E-state index in [1.807, 2.05) is 0 Å². The van der Waals surface area contributed by atoms with Crippen LogP contribution in [0.3, 0.4) is 0 Å². The summed E-state index contributed by atoms with van der Waals surface area (Å²) in [5.74, 6) is -2.49. The maximum absolute atomic E-state index is 12.2. The Morgan fingerprint density at radius 3 is 1.78 bits per heavy atom. The molecular formula is C26H30F3NO2. The molecule has 0 aliphatic heterocycles. The van der Waals surface area contributed by atoms with Crippen LogP contribution in [0.4, 0.5) is 13.2 Å². The second-order valence-corrected chi connectivity index (χ2v) is 8.26. The van der Waals surface area contributed by atoms with Gasteiger partial charge < -0.3 is 9.67 Å². The second-order valence-electron chi connectivity index (χ2n) is 8.26. The summed E-state index contributed by atoms with van der Waals surface area (Å²) < 4.78 is 38.9. The molecule has 1 heterocycles. The number of fused-ring (bicyclic) bond motifs is 3. The summed E-state index contributed by atoms with van der Waals surface area (Å²) in [7, 11) is 0. The second kappa shape index (κ2) is 11.2. The van der Waals surface area contributed by atoms with Gasteiger partial charge in [-0.05, 0) is 25.0 Å². The molecule has 0 unspecified atom stereocenters. The molecule has 1 N–H and O–H groups in total. The number of alkyl halides is 3. The number of nitrogens with zero attached hydrogens (tertiary/aromatic N) is 1. The average Bonchev–Trinajstić information content (AvgIpc) is 3.08. The first-order chi connectivity index (χ1) is 15.4. The zero-order valence-corrected chi connectivity index (χ0v) is 18.2. The number of allylic oxidation sites excluding steroid dienone is 2. The van der Waals surface area contributed by atoms with Crippen molar-refractivity contribution in [2.75, 3.05) is 0 Å². The van der Waals surface area contributed by atoms with Gasteiger partial charge in [-0.25, -0.2) is 0 Å². The number of aromatic nitrogens is 1. The molecular weight excluding hydrogens is 415 g/mol. The standard InChI is InChI=1S/C26H30F3NO2/c27-26(28,29)25(32)19-20(31)13-7-5-3-1-2-4-6-12-18-30-23-16-10-8-14-21(23)22-15-9-11-17-24(22)30/h8-11,14-17,19,32H,1-7,12-13,18H2/b25-19-. The molecule has 32 heavy (non-hydrogen) atoms. The van der Waals surface area contributed by atoms with Crippen molar-refractivity contribution in [3.05, 3.63) is 60.4 Å². The molecule has 0 aliphatic rings. The highest BCUT2D eigenvalue weighted by molar-refractivity contribution is 6.07. The summed E-state index contributed by atoms with van der Waals surface area (Å²) in [4.78, 5) is 11.4. The van der Waals surface area contributed by atoms with E-state index in [-0.39, 0.29) is 12.5 Å². The largest absolute Gasteiger partial charge is 0.504 e. The number of para-hydroxylation sites is 2. The van der Waals surface area contributed by atoms with Crippen molar-refractivity contribution >= 4 is 27.6 Å². The fourth-order valence-electron chi connectivity index (χ4n) is 4.18. The minimum Gasteiger partial charge on any atom is -0.504 e. The van der Waals surface area contributed by atoms with Crippen LogP contribution in [-0.2, 0) is 11.3 Å². The molecule has 0 spiro atoms. The number of benzene rings is 2. The van der Waals surface area contributed by atoms with Crippen LogP contribution in [0.25, 0.3) is 21.8 Å². The first-order valence-corrected chi connectivity index (χ1v) is 11.3. The minimum absolute atomic E-state index is 0.0406. The normalized spacial score (nSPS) is 12.7. The zero-order chi connectivity index (χ0) is 23.0. The number of unbranched alkanes of at least 4 members (excludes halogenated alkanes) is 7. The van der Waals surface area contributed by atoms with Crippen molar-refractivity contribution in [1.82, 2.24) is 4.57 Å². The van der Waals surface area contributed by atoms with Gasteiger partial charge in [0.1, 0.15) is 0 Å². The summed E-state index contributed by atoms with van der Waals surface area (Å²) in [6, 6.07) is 17.0. The summed E-state index contributed by atoms with van der Waals surface area (Å²) in [6.07, 6.45) is 3.42. The number of aliphatic hydroxyl groups is 1. The van der Waals surface area contributed by atoms with E-state index < -0.39 is 17.7 Å². The SMILES string of the molecule is O=C(/C=C(\O)C(F)(F)F)CCCCCCCCCCn1c2ccccc2c2ccccc21. The van der Waals surface area contributed by atoms with Gasteiger partial charge in [-0.1, -0.05) is 74.9 Å². The van der Waals surface area contributed by atoms with Gasteiger partial charge in [-0.15, -0.1) is 0 Å². The molecule has 0 saturated carbocycles. The number of hydrogen-bond acceptors (Lipinski definition) is 2. The number of ketones is 1. The van der Waals surface area contributed by atoms with Gasteiger partial charge >= 0.3 is 6.18 Å². The Labute approximate surface area is 186 Å². The van der Waals surface area contributed by atoms with Crippen molar-refractivity contribution in [3.8, 4) is 0 Å². The lowest BCUT2D eigenvalue weighted by molar-refractivity contribution is -0.125. The summed E-state index contributed by atoms with van der Waals surface area (Å²) in [6.45, 7) is 0.994. The molecule has 0 atom stereocenters. The van der Waals surface area contributed by atoms with Crippen LogP contribution in [-0.4, -0.2) is 21.6 Å². The maximum Gasteiger partial charge on any atom is 0.448 e. The average molecular weight is 446 g/mol.